The molecule has 1 atom stereocenters. The molecule has 1 aliphatic heterocycles. The predicted octanol–water partition coefficient (Wildman–Crippen LogP) is 3.17. The van der Waals surface area contributed by atoms with Gasteiger partial charge in [-0.25, -0.2) is 14.6 Å². The van der Waals surface area contributed by atoms with E-state index in [1.165, 1.54) is 11.0 Å². The number of benzene rings is 2. The van der Waals surface area contributed by atoms with E-state index in [2.05, 4.69) is 5.43 Å². The number of thiocarbonyl (C=S) groups is 1. The third-order valence-corrected chi connectivity index (χ3v) is 6.11. The first-order chi connectivity index (χ1) is 17.2. The van der Waals surface area contributed by atoms with Gasteiger partial charge in [-0.1, -0.05) is 42.5 Å². The fraction of sp³-hybridized carbons (Fsp3) is 0.375. The minimum atomic E-state index is -3.16. The molecule has 12 heteroatoms. The molecule has 0 radical (unpaired) electrons. The van der Waals surface area contributed by atoms with E-state index in [9.17, 15) is 18.4 Å². The number of halogens is 3. The third kappa shape index (κ3) is 6.85. The summed E-state index contributed by atoms with van der Waals surface area (Å²) in [6.45, 7) is 3.18. The topological polar surface area (TPSA) is 77.2 Å². The molecule has 1 saturated heterocycles. The average molecular weight is 524 g/mol. The quantitative estimate of drug-likeness (QED) is 0.346. The van der Waals surface area contributed by atoms with Crippen LogP contribution in [0.5, 0.6) is 0 Å². The van der Waals surface area contributed by atoms with Crippen LogP contribution in [-0.4, -0.2) is 74.3 Å². The Morgan fingerprint density at radius 2 is 1.97 bits per heavy atom. The van der Waals surface area contributed by atoms with Gasteiger partial charge in [0, 0.05) is 32.2 Å². The lowest BCUT2D eigenvalue weighted by atomic mass is 10.2. The molecular weight excluding hydrogens is 495 g/mol. The number of likely N-dealkylation sites (N-methyl/N-ethyl adjacent to an activating group) is 1. The molecule has 0 saturated carbocycles. The van der Waals surface area contributed by atoms with Crippen molar-refractivity contribution in [2.24, 2.45) is 0 Å². The Morgan fingerprint density at radius 1 is 1.25 bits per heavy atom. The van der Waals surface area contributed by atoms with Gasteiger partial charge >= 0.3 is 12.5 Å². The second-order valence-electron chi connectivity index (χ2n) is 8.02. The Hall–Kier alpha value is -3.38. The highest BCUT2D eigenvalue weighted by molar-refractivity contribution is 7.80. The number of cyclic esters (lactones) is 1. The molecule has 0 unspecified atom stereocenters. The van der Waals surface area contributed by atoms with Gasteiger partial charge in [-0.3, -0.25) is 9.69 Å². The van der Waals surface area contributed by atoms with E-state index in [1.807, 2.05) is 54.5 Å². The highest BCUT2D eigenvalue weighted by atomic mass is 32.1. The largest absolute Gasteiger partial charge is 0.442 e. The number of anilines is 2. The van der Waals surface area contributed by atoms with Crippen LogP contribution in [0.15, 0.2) is 48.5 Å². The van der Waals surface area contributed by atoms with Gasteiger partial charge in [0.25, 0.3) is 5.91 Å². The monoisotopic (exact) mass is 523 g/mol. The number of ether oxygens (including phenoxy) is 1. The molecule has 2 aromatic rings. The molecule has 194 valence electrons. The lowest BCUT2D eigenvalue weighted by Crippen LogP contribution is -2.43. The zero-order valence-electron chi connectivity index (χ0n) is 19.9. The van der Waals surface area contributed by atoms with E-state index < -0.39 is 30.3 Å². The van der Waals surface area contributed by atoms with Crippen molar-refractivity contribution in [3.8, 4) is 0 Å². The number of carbonyl (C=O) groups excluding carboxylic acids is 2. The van der Waals surface area contributed by atoms with Crippen LogP contribution in [0, 0.1) is 5.82 Å². The molecule has 2 aromatic carbocycles. The number of hydrogen-bond donors (Lipinski definition) is 2. The van der Waals surface area contributed by atoms with E-state index >= 15 is 4.39 Å². The zero-order valence-corrected chi connectivity index (χ0v) is 20.7. The number of hydrazine groups is 1. The minimum Gasteiger partial charge on any atom is -0.442 e. The Morgan fingerprint density at radius 3 is 2.61 bits per heavy atom. The van der Waals surface area contributed by atoms with Crippen LogP contribution >= 0.6 is 12.2 Å². The first kappa shape index (κ1) is 27.2. The van der Waals surface area contributed by atoms with Crippen molar-refractivity contribution < 1.29 is 27.5 Å². The van der Waals surface area contributed by atoms with Crippen LogP contribution in [0.1, 0.15) is 12.5 Å². The van der Waals surface area contributed by atoms with E-state index in [-0.39, 0.29) is 18.8 Å². The Labute approximate surface area is 213 Å². The van der Waals surface area contributed by atoms with Gasteiger partial charge in [-0.15, -0.1) is 0 Å². The van der Waals surface area contributed by atoms with Gasteiger partial charge in [-0.05, 0) is 25.1 Å². The number of rotatable bonds is 11. The summed E-state index contributed by atoms with van der Waals surface area (Å²) in [7, 11) is 1.82. The summed E-state index contributed by atoms with van der Waals surface area (Å²) in [6, 6.07) is 14.0. The molecule has 1 heterocycles. The molecule has 0 aromatic heterocycles. The molecule has 0 aliphatic carbocycles. The van der Waals surface area contributed by atoms with Crippen LogP contribution in [0.3, 0.4) is 0 Å². The van der Waals surface area contributed by atoms with Gasteiger partial charge in [-0.2, -0.15) is 8.78 Å². The van der Waals surface area contributed by atoms with E-state index in [0.29, 0.717) is 30.3 Å². The number of alkyl halides is 2. The van der Waals surface area contributed by atoms with Crippen molar-refractivity contribution in [2.45, 2.75) is 19.5 Å². The average Bonchev–Trinajstić information content (AvgIpc) is 3.25. The number of hydrogen-bond acceptors (Lipinski definition) is 6. The zero-order chi connectivity index (χ0) is 26.2. The van der Waals surface area contributed by atoms with Crippen LogP contribution in [0.4, 0.5) is 29.3 Å². The number of nitrogens with zero attached hydrogens (tertiary/aromatic N) is 3. The standard InChI is InChI=1S/C24H28F3N5O3S/c1-3-31(12-11-29-30(2)23(36)16-7-5-4-6-8-16)20-10-9-17(13-19(20)25)32-15-18(35-24(32)34)14-28-22(33)21(26)27/h4-10,13,18,21,29H,3,11-12,14-15H2,1-2H3,(H,28,33)/t18-/m0/s1. The summed E-state index contributed by atoms with van der Waals surface area (Å²) in [5.74, 6) is -1.97. The van der Waals surface area contributed by atoms with Gasteiger partial charge in [0.15, 0.2) is 0 Å². The fourth-order valence-corrected chi connectivity index (χ4v) is 3.90. The van der Waals surface area contributed by atoms with Crippen molar-refractivity contribution in [2.75, 3.05) is 49.6 Å². The second kappa shape index (κ2) is 12.5. The molecule has 0 spiro atoms. The molecule has 2 N–H and O–H groups in total. The highest BCUT2D eigenvalue weighted by Gasteiger charge is 2.33. The smallest absolute Gasteiger partial charge is 0.414 e. The number of carbonyl (C=O) groups is 2. The molecule has 1 fully saturated rings. The Bertz CT molecular complexity index is 1080. The molecule has 3 rings (SSSR count). The fourth-order valence-electron chi connectivity index (χ4n) is 3.70. The van der Waals surface area contributed by atoms with Crippen molar-refractivity contribution >= 4 is 40.6 Å². The second-order valence-corrected chi connectivity index (χ2v) is 8.40. The maximum absolute atomic E-state index is 15.0. The maximum Gasteiger partial charge on any atom is 0.414 e. The van der Waals surface area contributed by atoms with E-state index in [4.69, 9.17) is 17.0 Å². The summed E-state index contributed by atoms with van der Waals surface area (Å²) in [5.41, 5.74) is 4.76. The molecule has 36 heavy (non-hydrogen) atoms. The SMILES string of the molecule is CCN(CCNN(C)C(=S)c1ccccc1)c1ccc(N2C[C@H](CNC(=O)C(F)F)OC2=O)cc1F. The Balaban J connectivity index is 1.56. The Kier molecular flexibility index (Phi) is 9.48. The van der Waals surface area contributed by atoms with Gasteiger partial charge < -0.3 is 20.0 Å². The molecular formula is C24H28F3N5O3S. The van der Waals surface area contributed by atoms with E-state index in [0.717, 1.165) is 5.56 Å². The van der Waals surface area contributed by atoms with Crippen molar-refractivity contribution in [3.05, 3.63) is 59.9 Å². The predicted molar refractivity (Wildman–Crippen MR) is 135 cm³/mol. The van der Waals surface area contributed by atoms with Gasteiger partial charge in [0.1, 0.15) is 16.9 Å². The minimum absolute atomic E-state index is 0.00376. The molecule has 8 nitrogen and oxygen atoms in total. The van der Waals surface area contributed by atoms with Crippen LogP contribution in [-0.2, 0) is 9.53 Å². The van der Waals surface area contributed by atoms with Gasteiger partial charge in [0.2, 0.25) is 0 Å². The summed E-state index contributed by atoms with van der Waals surface area (Å²) in [4.78, 5) is 26.9. The molecule has 2 amide bonds. The van der Waals surface area contributed by atoms with Gasteiger partial charge in [0.05, 0.1) is 24.5 Å². The highest BCUT2D eigenvalue weighted by Crippen LogP contribution is 2.28. The number of nitrogens with one attached hydrogen (secondary N) is 2. The lowest BCUT2D eigenvalue weighted by Gasteiger charge is -2.27. The molecule has 1 aliphatic rings. The third-order valence-electron chi connectivity index (χ3n) is 5.60. The van der Waals surface area contributed by atoms with Crippen LogP contribution in [0.25, 0.3) is 0 Å². The summed E-state index contributed by atoms with van der Waals surface area (Å²) in [6.07, 6.45) is -4.72. The summed E-state index contributed by atoms with van der Waals surface area (Å²) >= 11 is 5.48. The van der Waals surface area contributed by atoms with Crippen LogP contribution in [0.2, 0.25) is 0 Å². The summed E-state index contributed by atoms with van der Waals surface area (Å²) in [5, 5.41) is 3.76. The first-order valence-electron chi connectivity index (χ1n) is 11.4. The maximum atomic E-state index is 15.0. The van der Waals surface area contributed by atoms with E-state index in [1.54, 1.807) is 17.1 Å². The normalized spacial score (nSPS) is 15.1. The van der Waals surface area contributed by atoms with Crippen molar-refractivity contribution in [1.29, 1.82) is 0 Å². The first-order valence-corrected chi connectivity index (χ1v) is 11.8. The molecule has 0 bridgehead atoms. The number of amides is 2. The summed E-state index contributed by atoms with van der Waals surface area (Å²) < 4.78 is 44.8. The van der Waals surface area contributed by atoms with Crippen molar-refractivity contribution in [1.82, 2.24) is 15.8 Å². The van der Waals surface area contributed by atoms with Crippen LogP contribution < -0.4 is 20.5 Å². The lowest BCUT2D eigenvalue weighted by molar-refractivity contribution is -0.132. The van der Waals surface area contributed by atoms with Crippen molar-refractivity contribution in [3.63, 3.8) is 0 Å².